The van der Waals surface area contributed by atoms with Gasteiger partial charge >= 0.3 is 0 Å². The van der Waals surface area contributed by atoms with E-state index in [4.69, 9.17) is 16.3 Å². The van der Waals surface area contributed by atoms with Gasteiger partial charge in [0.25, 0.3) is 0 Å². The molecule has 20 heavy (non-hydrogen) atoms. The highest BCUT2D eigenvalue weighted by molar-refractivity contribution is 6.53. The van der Waals surface area contributed by atoms with Crippen molar-refractivity contribution < 1.29 is 9.13 Å². The van der Waals surface area contributed by atoms with Crippen molar-refractivity contribution in [2.75, 3.05) is 7.11 Å². The number of hydrogen-bond donors (Lipinski definition) is 0. The number of halogens is 2. The molecule has 1 aromatic carbocycles. The summed E-state index contributed by atoms with van der Waals surface area (Å²) >= 11 is 6.16. The lowest BCUT2D eigenvalue weighted by atomic mass is 10.0. The Kier molecular flexibility index (Phi) is 4.34. The number of nitrogens with zero attached hydrogens (tertiary/aromatic N) is 2. The molecule has 1 aromatic heterocycles. The van der Waals surface area contributed by atoms with Gasteiger partial charge in [0.1, 0.15) is 17.6 Å². The van der Waals surface area contributed by atoms with Gasteiger partial charge in [-0.15, -0.1) is 0 Å². The maximum absolute atomic E-state index is 14.0. The molecule has 2 rings (SSSR count). The van der Waals surface area contributed by atoms with Crippen LogP contribution in [0, 0.1) is 17.1 Å². The highest BCUT2D eigenvalue weighted by Crippen LogP contribution is 2.31. The summed E-state index contributed by atoms with van der Waals surface area (Å²) in [5.74, 6) is -0.165. The number of aromatic nitrogens is 1. The molecule has 1 heterocycles. The third kappa shape index (κ3) is 2.79. The summed E-state index contributed by atoms with van der Waals surface area (Å²) in [4.78, 5) is 3.92. The Morgan fingerprint density at radius 3 is 2.75 bits per heavy atom. The average molecular weight is 289 g/mol. The summed E-state index contributed by atoms with van der Waals surface area (Å²) in [5.41, 5.74) is 0.854. The first-order valence-electron chi connectivity index (χ1n) is 5.71. The van der Waals surface area contributed by atoms with Crippen molar-refractivity contribution in [2.24, 2.45) is 0 Å². The summed E-state index contributed by atoms with van der Waals surface area (Å²) in [6.07, 6.45) is 3.09. The van der Waals surface area contributed by atoms with Crippen molar-refractivity contribution in [1.82, 2.24) is 4.98 Å². The van der Waals surface area contributed by atoms with Crippen LogP contribution >= 0.6 is 11.6 Å². The van der Waals surface area contributed by atoms with Crippen molar-refractivity contribution in [3.05, 3.63) is 59.7 Å². The van der Waals surface area contributed by atoms with Crippen molar-refractivity contribution in [1.29, 1.82) is 5.26 Å². The molecule has 0 aliphatic carbocycles. The fourth-order valence-electron chi connectivity index (χ4n) is 1.69. The Morgan fingerprint density at radius 1 is 1.40 bits per heavy atom. The SMILES string of the molecule is COc1ccc(/C(Cl)=C(/C#N)c2cccnc2)c(F)c1. The second-order valence-electron chi connectivity index (χ2n) is 3.89. The van der Waals surface area contributed by atoms with Crippen molar-refractivity contribution >= 4 is 22.2 Å². The number of allylic oxidation sites excluding steroid dienone is 1. The molecule has 0 saturated heterocycles. The zero-order valence-electron chi connectivity index (χ0n) is 10.6. The van der Waals surface area contributed by atoms with Crippen LogP contribution in [0.2, 0.25) is 0 Å². The molecule has 0 saturated carbocycles. The smallest absolute Gasteiger partial charge is 0.135 e. The van der Waals surface area contributed by atoms with Crippen LogP contribution in [0.4, 0.5) is 4.39 Å². The Morgan fingerprint density at radius 2 is 2.20 bits per heavy atom. The highest BCUT2D eigenvalue weighted by atomic mass is 35.5. The van der Waals surface area contributed by atoms with Crippen LogP contribution in [0.15, 0.2) is 42.7 Å². The van der Waals surface area contributed by atoms with Crippen molar-refractivity contribution in [2.45, 2.75) is 0 Å². The molecule has 0 spiro atoms. The molecule has 3 nitrogen and oxygen atoms in total. The number of benzene rings is 1. The molecule has 0 atom stereocenters. The molecule has 0 bridgehead atoms. The maximum Gasteiger partial charge on any atom is 0.135 e. The predicted octanol–water partition coefficient (Wildman–Crippen LogP) is 3.86. The van der Waals surface area contributed by atoms with Crippen LogP contribution in [0.5, 0.6) is 5.75 Å². The lowest BCUT2D eigenvalue weighted by molar-refractivity contribution is 0.411. The van der Waals surface area contributed by atoms with Crippen LogP contribution in [0.25, 0.3) is 10.6 Å². The number of methoxy groups -OCH3 is 1. The number of rotatable bonds is 3. The van der Waals surface area contributed by atoms with E-state index in [0.717, 1.165) is 0 Å². The minimum absolute atomic E-state index is 0.0423. The molecule has 0 aliphatic rings. The lowest BCUT2D eigenvalue weighted by Crippen LogP contribution is -1.92. The van der Waals surface area contributed by atoms with Gasteiger partial charge < -0.3 is 4.74 Å². The molecule has 0 amide bonds. The minimum Gasteiger partial charge on any atom is -0.497 e. The topological polar surface area (TPSA) is 45.9 Å². The largest absolute Gasteiger partial charge is 0.497 e. The van der Waals surface area contributed by atoms with E-state index < -0.39 is 5.82 Å². The van der Waals surface area contributed by atoms with E-state index in [-0.39, 0.29) is 16.2 Å². The van der Waals surface area contributed by atoms with Crippen molar-refractivity contribution in [3.63, 3.8) is 0 Å². The van der Waals surface area contributed by atoms with Gasteiger partial charge in [0.15, 0.2) is 0 Å². The van der Waals surface area contributed by atoms with Crippen LogP contribution < -0.4 is 4.74 Å². The summed E-state index contributed by atoms with van der Waals surface area (Å²) in [6, 6.07) is 9.63. The van der Waals surface area contributed by atoms with Crippen molar-refractivity contribution in [3.8, 4) is 11.8 Å². The van der Waals surface area contributed by atoms with Gasteiger partial charge in [0.05, 0.1) is 17.7 Å². The van der Waals surface area contributed by atoms with Crippen LogP contribution in [0.3, 0.4) is 0 Å². The third-order valence-corrected chi connectivity index (χ3v) is 3.09. The van der Waals surface area contributed by atoms with Gasteiger partial charge in [-0.2, -0.15) is 5.26 Å². The first kappa shape index (κ1) is 14.0. The van der Waals surface area contributed by atoms with E-state index in [1.165, 1.54) is 25.4 Å². The molecule has 0 radical (unpaired) electrons. The number of ether oxygens (including phenoxy) is 1. The van der Waals surface area contributed by atoms with Crippen LogP contribution in [-0.4, -0.2) is 12.1 Å². The normalized spacial score (nSPS) is 11.5. The Labute approximate surface area is 120 Å². The molecule has 0 unspecified atom stereocenters. The fraction of sp³-hybridized carbons (Fsp3) is 0.0667. The maximum atomic E-state index is 14.0. The molecule has 100 valence electrons. The van der Waals surface area contributed by atoms with Crippen LogP contribution in [0.1, 0.15) is 11.1 Å². The molecular weight excluding hydrogens is 279 g/mol. The Hall–Kier alpha value is -2.38. The van der Waals surface area contributed by atoms with E-state index >= 15 is 0 Å². The zero-order valence-corrected chi connectivity index (χ0v) is 11.4. The zero-order chi connectivity index (χ0) is 14.5. The van der Waals surface area contributed by atoms with E-state index in [0.29, 0.717) is 11.3 Å². The second kappa shape index (κ2) is 6.18. The van der Waals surface area contributed by atoms with Gasteiger partial charge in [0, 0.05) is 29.6 Å². The fourth-order valence-corrected chi connectivity index (χ4v) is 1.99. The van der Waals surface area contributed by atoms with Gasteiger partial charge in [-0.3, -0.25) is 4.98 Å². The molecular formula is C15H10ClFN2O. The Balaban J connectivity index is 2.55. The van der Waals surface area contributed by atoms with E-state index in [1.54, 1.807) is 24.4 Å². The van der Waals surface area contributed by atoms with Gasteiger partial charge in [-0.1, -0.05) is 17.7 Å². The molecule has 2 aromatic rings. The standard InChI is InChI=1S/C15H10ClFN2O/c1-20-11-4-5-12(14(17)7-11)15(16)13(8-18)10-3-2-6-19-9-10/h2-7,9H,1H3/b15-13+. The van der Waals surface area contributed by atoms with Gasteiger partial charge in [-0.05, 0) is 18.2 Å². The van der Waals surface area contributed by atoms with Gasteiger partial charge in [-0.25, -0.2) is 4.39 Å². The average Bonchev–Trinajstić information content (AvgIpc) is 2.48. The van der Waals surface area contributed by atoms with Crippen LogP contribution in [-0.2, 0) is 0 Å². The predicted molar refractivity (Wildman–Crippen MR) is 75.5 cm³/mol. The van der Waals surface area contributed by atoms with E-state index in [9.17, 15) is 9.65 Å². The summed E-state index contributed by atoms with van der Waals surface area (Å²) in [5, 5.41) is 9.28. The van der Waals surface area contributed by atoms with E-state index in [2.05, 4.69) is 4.98 Å². The number of pyridine rings is 1. The Bertz CT molecular complexity index is 693. The number of nitriles is 1. The summed E-state index contributed by atoms with van der Waals surface area (Å²) in [7, 11) is 1.45. The van der Waals surface area contributed by atoms with Gasteiger partial charge in [0.2, 0.25) is 0 Å². The minimum atomic E-state index is -0.550. The summed E-state index contributed by atoms with van der Waals surface area (Å²) < 4.78 is 18.9. The second-order valence-corrected chi connectivity index (χ2v) is 4.27. The molecule has 5 heteroatoms. The monoisotopic (exact) mass is 288 g/mol. The third-order valence-electron chi connectivity index (χ3n) is 2.69. The number of hydrogen-bond acceptors (Lipinski definition) is 3. The lowest BCUT2D eigenvalue weighted by Gasteiger charge is -2.07. The highest BCUT2D eigenvalue weighted by Gasteiger charge is 2.14. The molecule has 0 aliphatic heterocycles. The first-order valence-corrected chi connectivity index (χ1v) is 6.09. The first-order chi connectivity index (χ1) is 9.67. The molecule has 0 fully saturated rings. The molecule has 0 N–H and O–H groups in total. The summed E-state index contributed by atoms with van der Waals surface area (Å²) in [6.45, 7) is 0. The quantitative estimate of drug-likeness (QED) is 0.806. The van der Waals surface area contributed by atoms with E-state index in [1.807, 2.05) is 6.07 Å².